The first kappa shape index (κ1) is 12.0. The fourth-order valence-electron chi connectivity index (χ4n) is 0.612. The second-order valence-electron chi connectivity index (χ2n) is 1.48. The van der Waals surface area contributed by atoms with Crippen molar-refractivity contribution in [2.45, 2.75) is 36.7 Å². The molecule has 0 rings (SSSR count). The van der Waals surface area contributed by atoms with E-state index in [0.29, 0.717) is 0 Å². The van der Waals surface area contributed by atoms with Crippen LogP contribution >= 0.6 is 0 Å². The van der Waals surface area contributed by atoms with E-state index >= 15 is 0 Å². The molecule has 0 amide bonds. The van der Waals surface area contributed by atoms with Crippen molar-refractivity contribution in [1.29, 1.82) is 0 Å². The van der Waals surface area contributed by atoms with Crippen molar-refractivity contribution >= 4 is 13.9 Å². The quantitative estimate of drug-likeness (QED) is 0.488. The van der Waals surface area contributed by atoms with Gasteiger partial charge in [0.25, 0.3) is 0 Å². The predicted octanol–water partition coefficient (Wildman–Crippen LogP) is -0.455. The van der Waals surface area contributed by atoms with Gasteiger partial charge in [-0.3, -0.25) is 0 Å². The SMILES string of the molecule is CC[Se+](CC)CC.[I-]. The summed E-state index contributed by atoms with van der Waals surface area (Å²) in [5, 5.41) is 4.44. The van der Waals surface area contributed by atoms with Gasteiger partial charge in [0.15, 0.2) is 0 Å². The molecule has 0 fully saturated rings. The van der Waals surface area contributed by atoms with Gasteiger partial charge in [-0.2, -0.15) is 0 Å². The summed E-state index contributed by atoms with van der Waals surface area (Å²) in [4.78, 5) is 0. The van der Waals surface area contributed by atoms with Crippen molar-refractivity contribution in [3.8, 4) is 0 Å². The number of halogens is 1. The van der Waals surface area contributed by atoms with Gasteiger partial charge in [-0.25, -0.2) is 0 Å². The zero-order valence-corrected chi connectivity index (χ0v) is 9.78. The van der Waals surface area contributed by atoms with Crippen LogP contribution in [0.2, 0.25) is 16.0 Å². The summed E-state index contributed by atoms with van der Waals surface area (Å²) < 4.78 is 0. The smallest absolute Gasteiger partial charge is 1.00 e. The summed E-state index contributed by atoms with van der Waals surface area (Å²) in [5.41, 5.74) is 0. The molecule has 0 spiro atoms. The molecular weight excluding hydrogens is 278 g/mol. The van der Waals surface area contributed by atoms with Crippen LogP contribution < -0.4 is 24.0 Å². The Kier molecular flexibility index (Phi) is 12.4. The molecule has 52 valence electrons. The second-order valence-corrected chi connectivity index (χ2v) is 7.68. The van der Waals surface area contributed by atoms with E-state index in [0.717, 1.165) is 0 Å². The van der Waals surface area contributed by atoms with Crippen LogP contribution in [-0.2, 0) is 0 Å². The Balaban J connectivity index is 0. The van der Waals surface area contributed by atoms with Gasteiger partial charge in [0.1, 0.15) is 0 Å². The van der Waals surface area contributed by atoms with Gasteiger partial charge in [-0.05, 0) is 0 Å². The zero-order valence-electron chi connectivity index (χ0n) is 5.91. The molecule has 2 heteroatoms. The van der Waals surface area contributed by atoms with Crippen molar-refractivity contribution in [3.05, 3.63) is 0 Å². The van der Waals surface area contributed by atoms with Crippen molar-refractivity contribution in [2.75, 3.05) is 0 Å². The molecule has 0 aromatic carbocycles. The number of hydrogen-bond acceptors (Lipinski definition) is 0. The van der Waals surface area contributed by atoms with Crippen LogP contribution in [0.4, 0.5) is 0 Å². The largest absolute Gasteiger partial charge is 1.00 e. The summed E-state index contributed by atoms with van der Waals surface area (Å²) in [5.74, 6) is 0. The van der Waals surface area contributed by atoms with E-state index in [9.17, 15) is 0 Å². The van der Waals surface area contributed by atoms with Gasteiger partial charge in [0.05, 0.1) is 0 Å². The third-order valence-electron chi connectivity index (χ3n) is 1.22. The molecule has 0 aliphatic rings. The van der Waals surface area contributed by atoms with Crippen molar-refractivity contribution < 1.29 is 24.0 Å². The van der Waals surface area contributed by atoms with Crippen molar-refractivity contribution in [1.82, 2.24) is 0 Å². The molecule has 0 aromatic rings. The fraction of sp³-hybridized carbons (Fsp3) is 1.00. The molecule has 0 saturated heterocycles. The zero-order chi connectivity index (χ0) is 5.70. The van der Waals surface area contributed by atoms with Crippen LogP contribution in [0, 0.1) is 0 Å². The maximum Gasteiger partial charge on any atom is -1.00 e. The molecule has 0 bridgehead atoms. The van der Waals surface area contributed by atoms with E-state index in [-0.39, 0.29) is 37.9 Å². The first-order chi connectivity index (χ1) is 3.35. The molecule has 0 aromatic heterocycles. The second kappa shape index (κ2) is 8.25. The molecular formula is C6H15ISe. The minimum Gasteiger partial charge on any atom is -1.00 e. The molecule has 8 heavy (non-hydrogen) atoms. The standard InChI is InChI=1S/C6H15Se.HI/c1-4-7(5-2)6-3;/h4-6H2,1-3H3;1H/q+1;/p-1. The Morgan fingerprint density at radius 3 is 1.12 bits per heavy atom. The summed E-state index contributed by atoms with van der Waals surface area (Å²) in [6.45, 7) is 6.95. The van der Waals surface area contributed by atoms with Crippen LogP contribution in [0.3, 0.4) is 0 Å². The summed E-state index contributed by atoms with van der Waals surface area (Å²) in [6.07, 6.45) is 0. The van der Waals surface area contributed by atoms with E-state index < -0.39 is 0 Å². The minimum atomic E-state index is -0.0556. The number of hydrogen-bond donors (Lipinski definition) is 0. The Labute approximate surface area is 74.3 Å². The molecule has 0 aliphatic carbocycles. The van der Waals surface area contributed by atoms with Crippen LogP contribution in [-0.4, -0.2) is 13.9 Å². The third kappa shape index (κ3) is 5.39. The van der Waals surface area contributed by atoms with Gasteiger partial charge in [-0.1, -0.05) is 0 Å². The van der Waals surface area contributed by atoms with Crippen LogP contribution in [0.25, 0.3) is 0 Å². The van der Waals surface area contributed by atoms with E-state index in [1.165, 1.54) is 16.0 Å². The molecule has 0 atom stereocenters. The predicted molar refractivity (Wildman–Crippen MR) is 37.2 cm³/mol. The van der Waals surface area contributed by atoms with Gasteiger partial charge < -0.3 is 24.0 Å². The van der Waals surface area contributed by atoms with Gasteiger partial charge >= 0.3 is 50.6 Å². The van der Waals surface area contributed by atoms with Gasteiger partial charge in [0, 0.05) is 0 Å². The van der Waals surface area contributed by atoms with E-state index in [4.69, 9.17) is 0 Å². The first-order valence-corrected chi connectivity index (χ1v) is 6.62. The maximum absolute atomic E-state index is 2.32. The van der Waals surface area contributed by atoms with Crippen LogP contribution in [0.5, 0.6) is 0 Å². The molecule has 0 radical (unpaired) electrons. The first-order valence-electron chi connectivity index (χ1n) is 2.99. The molecule has 0 heterocycles. The molecule has 0 nitrogen and oxygen atoms in total. The monoisotopic (exact) mass is 294 g/mol. The molecule has 0 unspecified atom stereocenters. The maximum atomic E-state index is 2.32. The number of rotatable bonds is 3. The Bertz CT molecular complexity index is 30.0. The average molecular weight is 293 g/mol. The van der Waals surface area contributed by atoms with Crippen LogP contribution in [0.1, 0.15) is 20.8 Å². The van der Waals surface area contributed by atoms with E-state index in [1.807, 2.05) is 0 Å². The van der Waals surface area contributed by atoms with Crippen molar-refractivity contribution in [3.63, 3.8) is 0 Å². The topological polar surface area (TPSA) is 0 Å². The average Bonchev–Trinajstić information content (AvgIpc) is 1.72. The Hall–Kier alpha value is 1.25. The minimum absolute atomic E-state index is 0. The van der Waals surface area contributed by atoms with Crippen molar-refractivity contribution in [2.24, 2.45) is 0 Å². The Morgan fingerprint density at radius 1 is 0.875 bits per heavy atom. The third-order valence-corrected chi connectivity index (χ3v) is 6.36. The Morgan fingerprint density at radius 2 is 1.12 bits per heavy atom. The van der Waals surface area contributed by atoms with Gasteiger partial charge in [0.2, 0.25) is 0 Å². The molecule has 0 N–H and O–H groups in total. The normalized spacial score (nSPS) is 9.00. The van der Waals surface area contributed by atoms with E-state index in [2.05, 4.69) is 20.8 Å². The summed E-state index contributed by atoms with van der Waals surface area (Å²) in [7, 11) is 0. The van der Waals surface area contributed by atoms with Crippen LogP contribution in [0.15, 0.2) is 0 Å². The molecule has 0 saturated carbocycles. The van der Waals surface area contributed by atoms with Gasteiger partial charge in [-0.15, -0.1) is 0 Å². The molecule has 0 aliphatic heterocycles. The summed E-state index contributed by atoms with van der Waals surface area (Å²) >= 11 is -0.0556. The summed E-state index contributed by atoms with van der Waals surface area (Å²) in [6, 6.07) is 0. The van der Waals surface area contributed by atoms with E-state index in [1.54, 1.807) is 0 Å². The fourth-order valence-corrected chi connectivity index (χ4v) is 3.18.